The van der Waals surface area contributed by atoms with Gasteiger partial charge < -0.3 is 19.9 Å². The number of benzene rings is 2. The molecule has 9 nitrogen and oxygen atoms in total. The van der Waals surface area contributed by atoms with Crippen molar-refractivity contribution in [1.29, 1.82) is 0 Å². The number of anilines is 2. The van der Waals surface area contributed by atoms with E-state index < -0.39 is 0 Å². The average molecular weight is 628 g/mol. The van der Waals surface area contributed by atoms with Crippen LogP contribution in [-0.2, 0) is 13.2 Å². The quantitative estimate of drug-likeness (QED) is 0.173. The van der Waals surface area contributed by atoms with E-state index in [0.717, 1.165) is 52.8 Å². The van der Waals surface area contributed by atoms with Crippen LogP contribution in [-0.4, -0.2) is 54.2 Å². The van der Waals surface area contributed by atoms with Crippen molar-refractivity contribution >= 4 is 56.7 Å². The summed E-state index contributed by atoms with van der Waals surface area (Å²) in [4.78, 5) is 20.8. The maximum atomic E-state index is 9.87. The Morgan fingerprint density at radius 3 is 2.70 bits per heavy atom. The summed E-state index contributed by atoms with van der Waals surface area (Å²) in [7, 11) is 0. The molecule has 0 amide bonds. The van der Waals surface area contributed by atoms with Gasteiger partial charge in [-0.3, -0.25) is 14.9 Å². The molecule has 2 aromatic carbocycles. The van der Waals surface area contributed by atoms with Crippen LogP contribution in [0.1, 0.15) is 23.1 Å². The number of fused-ring (bicyclic) bond motifs is 2. The zero-order valence-corrected chi connectivity index (χ0v) is 25.3. The van der Waals surface area contributed by atoms with E-state index in [0.29, 0.717) is 56.2 Å². The zero-order chi connectivity index (χ0) is 30.4. The predicted molar refractivity (Wildman–Crippen MR) is 172 cm³/mol. The summed E-state index contributed by atoms with van der Waals surface area (Å²) in [6.07, 6.45) is 5.87. The summed E-state index contributed by atoms with van der Waals surface area (Å²) in [6.45, 7) is 4.16. The fourth-order valence-corrected chi connectivity index (χ4v) is 6.27. The number of β-amino-alcohol motifs (C(OH)–C–C–N with tert-alkyl or cyclic N) is 1. The lowest BCUT2D eigenvalue weighted by Crippen LogP contribution is -2.21. The first-order valence-electron chi connectivity index (χ1n) is 14.2. The van der Waals surface area contributed by atoms with Gasteiger partial charge in [-0.25, -0.2) is 9.97 Å². The predicted octanol–water partition coefficient (Wildman–Crippen LogP) is 6.92. The monoisotopic (exact) mass is 626 g/mol. The third kappa shape index (κ3) is 5.38. The fourth-order valence-electron chi connectivity index (χ4n) is 5.70. The first-order valence-corrected chi connectivity index (χ1v) is 15.0. The standard InChI is InChI=1S/C33H28Cl2N6O3/c1-18-23(30-28(35)24(6-9-36-30)33-40-27-13-19(17-42)12-25(34)31(27)44-33)3-2-4-26(18)39-32-29-21(5-8-37-32)11-20(14-38-29)15-41-10-7-22(43)16-41/h2-6,8-9,11-14,22,42-43H,7,10,15-17H2,1H3,(H,37,39)/t22-/m1/s1. The van der Waals surface area contributed by atoms with Gasteiger partial charge in [0.2, 0.25) is 5.89 Å². The molecule has 5 heterocycles. The first-order chi connectivity index (χ1) is 21.4. The number of pyridine rings is 3. The second-order valence-electron chi connectivity index (χ2n) is 11.0. The molecule has 3 N–H and O–H groups in total. The highest BCUT2D eigenvalue weighted by molar-refractivity contribution is 6.36. The summed E-state index contributed by atoms with van der Waals surface area (Å²) < 4.78 is 6.00. The highest BCUT2D eigenvalue weighted by atomic mass is 35.5. The Hall–Kier alpha value is -4.12. The molecule has 4 aromatic heterocycles. The van der Waals surface area contributed by atoms with Gasteiger partial charge in [-0.1, -0.05) is 35.3 Å². The Bertz CT molecular complexity index is 2030. The number of nitrogens with zero attached hydrogens (tertiary/aromatic N) is 5. The largest absolute Gasteiger partial charge is 0.434 e. The van der Waals surface area contributed by atoms with Crippen LogP contribution in [0.5, 0.6) is 0 Å². The van der Waals surface area contributed by atoms with Crippen molar-refractivity contribution in [1.82, 2.24) is 24.8 Å². The number of oxazole rings is 1. The third-order valence-corrected chi connectivity index (χ3v) is 8.62. The Balaban J connectivity index is 1.20. The molecule has 1 saturated heterocycles. The molecule has 6 aromatic rings. The van der Waals surface area contributed by atoms with E-state index in [4.69, 9.17) is 32.6 Å². The smallest absolute Gasteiger partial charge is 0.229 e. The van der Waals surface area contributed by atoms with Gasteiger partial charge >= 0.3 is 0 Å². The summed E-state index contributed by atoms with van der Waals surface area (Å²) >= 11 is 13.3. The molecular weight excluding hydrogens is 599 g/mol. The van der Waals surface area contributed by atoms with Crippen molar-refractivity contribution in [3.63, 3.8) is 0 Å². The van der Waals surface area contributed by atoms with Crippen molar-refractivity contribution in [3.8, 4) is 22.7 Å². The molecule has 0 aliphatic carbocycles. The van der Waals surface area contributed by atoms with E-state index in [1.54, 1.807) is 30.6 Å². The molecule has 0 saturated carbocycles. The Kier molecular flexibility index (Phi) is 7.65. The van der Waals surface area contributed by atoms with Crippen LogP contribution in [0.15, 0.2) is 71.5 Å². The van der Waals surface area contributed by atoms with E-state index in [2.05, 4.69) is 31.2 Å². The molecule has 44 heavy (non-hydrogen) atoms. The van der Waals surface area contributed by atoms with Gasteiger partial charge in [-0.05, 0) is 66.4 Å². The van der Waals surface area contributed by atoms with Crippen molar-refractivity contribution in [2.24, 2.45) is 0 Å². The van der Waals surface area contributed by atoms with E-state index in [1.165, 1.54) is 0 Å². The van der Waals surface area contributed by atoms with Crippen molar-refractivity contribution in [3.05, 3.63) is 93.9 Å². The number of halogens is 2. The Labute approximate surface area is 263 Å². The molecular formula is C33H28Cl2N6O3. The minimum absolute atomic E-state index is 0.155. The number of nitrogens with one attached hydrogen (secondary N) is 1. The van der Waals surface area contributed by atoms with Crippen LogP contribution >= 0.6 is 23.2 Å². The average Bonchev–Trinajstić information content (AvgIpc) is 3.64. The van der Waals surface area contributed by atoms with Gasteiger partial charge in [-0.2, -0.15) is 0 Å². The number of likely N-dealkylation sites (tertiary alicyclic amines) is 1. The lowest BCUT2D eigenvalue weighted by Gasteiger charge is -2.16. The molecule has 11 heteroatoms. The summed E-state index contributed by atoms with van der Waals surface area (Å²) in [6, 6.07) is 15.1. The van der Waals surface area contributed by atoms with Crippen LogP contribution in [0, 0.1) is 6.92 Å². The van der Waals surface area contributed by atoms with E-state index in [9.17, 15) is 10.2 Å². The molecule has 1 atom stereocenters. The molecule has 1 aliphatic rings. The highest BCUT2D eigenvalue weighted by Gasteiger charge is 2.21. The number of rotatable bonds is 7. The minimum Gasteiger partial charge on any atom is -0.434 e. The van der Waals surface area contributed by atoms with Gasteiger partial charge in [0.05, 0.1) is 34.0 Å². The van der Waals surface area contributed by atoms with Gasteiger partial charge in [0.1, 0.15) is 11.0 Å². The van der Waals surface area contributed by atoms with Crippen LogP contribution < -0.4 is 5.32 Å². The van der Waals surface area contributed by atoms with Crippen LogP contribution in [0.4, 0.5) is 11.5 Å². The SMILES string of the molecule is Cc1c(Nc2nccc3cc(CN4CC[C@@H](O)C4)cnc23)cccc1-c1nccc(-c2nc3cc(CO)cc(Cl)c3o2)c1Cl. The van der Waals surface area contributed by atoms with Crippen molar-refractivity contribution < 1.29 is 14.6 Å². The zero-order valence-electron chi connectivity index (χ0n) is 23.8. The van der Waals surface area contributed by atoms with Crippen LogP contribution in [0.25, 0.3) is 44.7 Å². The number of hydrogen-bond acceptors (Lipinski definition) is 9. The molecule has 0 spiro atoms. The third-order valence-electron chi connectivity index (χ3n) is 7.96. The Morgan fingerprint density at radius 2 is 1.89 bits per heavy atom. The van der Waals surface area contributed by atoms with E-state index in [-0.39, 0.29) is 12.7 Å². The maximum Gasteiger partial charge on any atom is 0.229 e. The number of aliphatic hydroxyl groups is 2. The lowest BCUT2D eigenvalue weighted by atomic mass is 10.0. The van der Waals surface area contributed by atoms with Gasteiger partial charge in [0.15, 0.2) is 11.4 Å². The van der Waals surface area contributed by atoms with Crippen molar-refractivity contribution in [2.75, 3.05) is 18.4 Å². The van der Waals surface area contributed by atoms with E-state index >= 15 is 0 Å². The van der Waals surface area contributed by atoms with Gasteiger partial charge in [0, 0.05) is 54.9 Å². The highest BCUT2D eigenvalue weighted by Crippen LogP contribution is 2.40. The van der Waals surface area contributed by atoms with Crippen LogP contribution in [0.3, 0.4) is 0 Å². The number of aliphatic hydroxyl groups excluding tert-OH is 2. The van der Waals surface area contributed by atoms with Gasteiger partial charge in [-0.15, -0.1) is 0 Å². The topological polar surface area (TPSA) is 120 Å². The molecule has 1 aliphatic heterocycles. The molecule has 1 fully saturated rings. The normalized spacial score (nSPS) is 15.4. The van der Waals surface area contributed by atoms with Gasteiger partial charge in [0.25, 0.3) is 0 Å². The van der Waals surface area contributed by atoms with E-state index in [1.807, 2.05) is 37.4 Å². The fraction of sp³-hybridized carbons (Fsp3) is 0.212. The second-order valence-corrected chi connectivity index (χ2v) is 11.8. The van der Waals surface area contributed by atoms with Crippen molar-refractivity contribution in [2.45, 2.75) is 32.6 Å². The molecule has 7 rings (SSSR count). The minimum atomic E-state index is -0.253. The lowest BCUT2D eigenvalue weighted by molar-refractivity contribution is 0.175. The maximum absolute atomic E-state index is 9.87. The summed E-state index contributed by atoms with van der Waals surface area (Å²) in [5.74, 6) is 0.952. The first kappa shape index (κ1) is 28.6. The Morgan fingerprint density at radius 1 is 1.02 bits per heavy atom. The number of hydrogen-bond donors (Lipinski definition) is 3. The molecule has 222 valence electrons. The molecule has 0 bridgehead atoms. The second kappa shape index (κ2) is 11.8. The molecule has 0 radical (unpaired) electrons. The van der Waals surface area contributed by atoms with Crippen LogP contribution in [0.2, 0.25) is 10.0 Å². The number of aromatic nitrogens is 4. The summed E-state index contributed by atoms with van der Waals surface area (Å²) in [5, 5.41) is 24.6. The summed E-state index contributed by atoms with van der Waals surface area (Å²) in [5.41, 5.74) is 7.22. The molecule has 0 unspecified atom stereocenters.